The number of nitrogen functional groups attached to an aromatic ring is 1. The van der Waals surface area contributed by atoms with Crippen LogP contribution < -0.4 is 10.5 Å². The van der Waals surface area contributed by atoms with Crippen LogP contribution in [0.15, 0.2) is 40.9 Å². The van der Waals surface area contributed by atoms with Crippen LogP contribution in [0.1, 0.15) is 10.4 Å². The second-order valence-corrected chi connectivity index (χ2v) is 4.59. The number of benzene rings is 2. The number of carboxylic acid groups (broad SMARTS) is 1. The molecule has 0 heterocycles. The van der Waals surface area contributed by atoms with E-state index in [1.165, 1.54) is 36.4 Å². The Balaban J connectivity index is 2.37. The zero-order valence-electron chi connectivity index (χ0n) is 9.56. The number of nitrogens with two attached hydrogens (primary N) is 1. The van der Waals surface area contributed by atoms with Gasteiger partial charge in [0.2, 0.25) is 0 Å². The third-order valence-corrected chi connectivity index (χ3v) is 2.96. The molecule has 0 saturated carbocycles. The first-order valence-electron chi connectivity index (χ1n) is 5.23. The molecule has 0 aliphatic carbocycles. The normalized spacial score (nSPS) is 10.2. The fraction of sp³-hybridized carbons (Fsp3) is 0. The molecular formula is C13H9BrFNO3. The van der Waals surface area contributed by atoms with Gasteiger partial charge in [-0.25, -0.2) is 9.18 Å². The summed E-state index contributed by atoms with van der Waals surface area (Å²) in [6.07, 6.45) is 0. The van der Waals surface area contributed by atoms with Crippen molar-refractivity contribution in [1.29, 1.82) is 0 Å². The van der Waals surface area contributed by atoms with Crippen molar-refractivity contribution in [1.82, 2.24) is 0 Å². The first-order chi connectivity index (χ1) is 8.97. The lowest BCUT2D eigenvalue weighted by Gasteiger charge is -2.09. The molecule has 0 spiro atoms. The molecule has 2 aromatic carbocycles. The first-order valence-corrected chi connectivity index (χ1v) is 6.02. The highest BCUT2D eigenvalue weighted by atomic mass is 79.9. The fourth-order valence-electron chi connectivity index (χ4n) is 1.47. The van der Waals surface area contributed by atoms with Crippen molar-refractivity contribution in [2.45, 2.75) is 0 Å². The molecule has 0 aliphatic heterocycles. The first kappa shape index (κ1) is 13.4. The Hall–Kier alpha value is -2.08. The fourth-order valence-corrected chi connectivity index (χ4v) is 1.83. The van der Waals surface area contributed by atoms with Crippen LogP contribution in [-0.2, 0) is 0 Å². The molecule has 0 unspecified atom stereocenters. The SMILES string of the molecule is Nc1ccc(Oc2ccc(F)c(Br)c2)c(C(=O)O)c1. The highest BCUT2D eigenvalue weighted by molar-refractivity contribution is 9.10. The summed E-state index contributed by atoms with van der Waals surface area (Å²) < 4.78 is 18.7. The number of anilines is 1. The van der Waals surface area contributed by atoms with Gasteiger partial charge in [0, 0.05) is 5.69 Å². The van der Waals surface area contributed by atoms with Crippen LogP contribution in [0.5, 0.6) is 11.5 Å². The quantitative estimate of drug-likeness (QED) is 0.844. The smallest absolute Gasteiger partial charge is 0.339 e. The zero-order valence-corrected chi connectivity index (χ0v) is 11.1. The highest BCUT2D eigenvalue weighted by Crippen LogP contribution is 2.29. The monoisotopic (exact) mass is 325 g/mol. The number of aromatic carboxylic acids is 1. The van der Waals surface area contributed by atoms with Crippen molar-refractivity contribution >= 4 is 27.6 Å². The number of ether oxygens (including phenoxy) is 1. The van der Waals surface area contributed by atoms with Gasteiger partial charge in [-0.05, 0) is 52.3 Å². The Bertz CT molecular complexity index is 646. The minimum atomic E-state index is -1.15. The standard InChI is InChI=1S/C13H9BrFNO3/c14-10-6-8(2-3-11(10)15)19-12-4-1-7(16)5-9(12)13(17)18/h1-6H,16H2,(H,17,18). The molecule has 0 fully saturated rings. The Labute approximate surface area is 116 Å². The number of carboxylic acids is 1. The number of hydrogen-bond donors (Lipinski definition) is 2. The summed E-state index contributed by atoms with van der Waals surface area (Å²) in [6, 6.07) is 8.32. The molecule has 3 N–H and O–H groups in total. The topological polar surface area (TPSA) is 72.5 Å². The maximum absolute atomic E-state index is 13.1. The van der Waals surface area contributed by atoms with E-state index in [0.29, 0.717) is 11.4 Å². The molecule has 2 aromatic rings. The second-order valence-electron chi connectivity index (χ2n) is 3.74. The molecule has 0 saturated heterocycles. The summed E-state index contributed by atoms with van der Waals surface area (Å²) in [7, 11) is 0. The summed E-state index contributed by atoms with van der Waals surface area (Å²) in [5, 5.41) is 9.06. The van der Waals surface area contributed by atoms with Gasteiger partial charge in [-0.2, -0.15) is 0 Å². The Kier molecular flexibility index (Phi) is 3.71. The number of carbonyl (C=O) groups is 1. The molecular weight excluding hydrogens is 317 g/mol. The van der Waals surface area contributed by atoms with Crippen molar-refractivity contribution < 1.29 is 19.0 Å². The van der Waals surface area contributed by atoms with Crippen LogP contribution in [0.25, 0.3) is 0 Å². The van der Waals surface area contributed by atoms with E-state index in [4.69, 9.17) is 15.6 Å². The van der Waals surface area contributed by atoms with Gasteiger partial charge >= 0.3 is 5.97 Å². The van der Waals surface area contributed by atoms with E-state index in [2.05, 4.69) is 15.9 Å². The van der Waals surface area contributed by atoms with Crippen molar-refractivity contribution in [3.05, 3.63) is 52.3 Å². The molecule has 0 radical (unpaired) electrons. The van der Waals surface area contributed by atoms with Gasteiger partial charge in [0.25, 0.3) is 0 Å². The minimum Gasteiger partial charge on any atom is -0.478 e. The molecule has 6 heteroatoms. The average molecular weight is 326 g/mol. The van der Waals surface area contributed by atoms with Gasteiger partial charge in [-0.1, -0.05) is 0 Å². The van der Waals surface area contributed by atoms with E-state index in [9.17, 15) is 9.18 Å². The van der Waals surface area contributed by atoms with Gasteiger partial charge < -0.3 is 15.6 Å². The van der Waals surface area contributed by atoms with Crippen molar-refractivity contribution in [2.24, 2.45) is 0 Å². The van der Waals surface area contributed by atoms with E-state index in [-0.39, 0.29) is 15.8 Å². The molecule has 19 heavy (non-hydrogen) atoms. The third-order valence-electron chi connectivity index (χ3n) is 2.35. The van der Waals surface area contributed by atoms with Crippen molar-refractivity contribution in [3.8, 4) is 11.5 Å². The average Bonchev–Trinajstić information content (AvgIpc) is 2.36. The molecule has 0 atom stereocenters. The van der Waals surface area contributed by atoms with Crippen LogP contribution >= 0.6 is 15.9 Å². The lowest BCUT2D eigenvalue weighted by molar-refractivity contribution is 0.0694. The molecule has 2 rings (SSSR count). The number of hydrogen-bond acceptors (Lipinski definition) is 3. The summed E-state index contributed by atoms with van der Waals surface area (Å²) in [4.78, 5) is 11.1. The Morgan fingerprint density at radius 1 is 1.26 bits per heavy atom. The Morgan fingerprint density at radius 2 is 2.00 bits per heavy atom. The summed E-state index contributed by atoms with van der Waals surface area (Å²) in [5.74, 6) is -1.12. The van der Waals surface area contributed by atoms with Crippen LogP contribution in [-0.4, -0.2) is 11.1 Å². The molecule has 0 amide bonds. The predicted octanol–water partition coefficient (Wildman–Crippen LogP) is 3.66. The molecule has 0 aromatic heterocycles. The van der Waals surface area contributed by atoms with Crippen LogP contribution in [0.4, 0.5) is 10.1 Å². The van der Waals surface area contributed by atoms with E-state index in [0.717, 1.165) is 0 Å². The minimum absolute atomic E-state index is 0.0551. The maximum atomic E-state index is 13.1. The van der Waals surface area contributed by atoms with E-state index in [1.54, 1.807) is 0 Å². The highest BCUT2D eigenvalue weighted by Gasteiger charge is 2.13. The molecule has 0 bridgehead atoms. The van der Waals surface area contributed by atoms with Gasteiger partial charge in [-0.3, -0.25) is 0 Å². The zero-order chi connectivity index (χ0) is 14.0. The summed E-state index contributed by atoms with van der Waals surface area (Å²) >= 11 is 3.03. The molecule has 98 valence electrons. The predicted molar refractivity (Wildman–Crippen MR) is 72.0 cm³/mol. The van der Waals surface area contributed by atoms with Gasteiger partial charge in [0.15, 0.2) is 0 Å². The number of rotatable bonds is 3. The largest absolute Gasteiger partial charge is 0.478 e. The third kappa shape index (κ3) is 3.03. The Morgan fingerprint density at radius 3 is 2.63 bits per heavy atom. The molecule has 0 aliphatic rings. The van der Waals surface area contributed by atoms with E-state index in [1.807, 2.05) is 0 Å². The maximum Gasteiger partial charge on any atom is 0.339 e. The summed E-state index contributed by atoms with van der Waals surface area (Å²) in [6.45, 7) is 0. The van der Waals surface area contributed by atoms with Gasteiger partial charge in [0.05, 0.1) is 4.47 Å². The van der Waals surface area contributed by atoms with Gasteiger partial charge in [-0.15, -0.1) is 0 Å². The van der Waals surface area contributed by atoms with Crippen molar-refractivity contribution in [3.63, 3.8) is 0 Å². The lowest BCUT2D eigenvalue weighted by Crippen LogP contribution is -2.01. The van der Waals surface area contributed by atoms with Crippen LogP contribution in [0.3, 0.4) is 0 Å². The van der Waals surface area contributed by atoms with Crippen LogP contribution in [0, 0.1) is 5.82 Å². The second kappa shape index (κ2) is 5.27. The van der Waals surface area contributed by atoms with E-state index >= 15 is 0 Å². The van der Waals surface area contributed by atoms with Crippen LogP contribution in [0.2, 0.25) is 0 Å². The van der Waals surface area contributed by atoms with E-state index < -0.39 is 11.8 Å². The van der Waals surface area contributed by atoms with Crippen molar-refractivity contribution in [2.75, 3.05) is 5.73 Å². The molecule has 4 nitrogen and oxygen atoms in total. The van der Waals surface area contributed by atoms with Gasteiger partial charge in [0.1, 0.15) is 22.9 Å². The number of halogens is 2. The summed E-state index contributed by atoms with van der Waals surface area (Å²) in [5.41, 5.74) is 5.80. The lowest BCUT2D eigenvalue weighted by atomic mass is 10.2.